The molecule has 1 atom stereocenters. The van der Waals surface area contributed by atoms with Crippen molar-refractivity contribution < 1.29 is 14.3 Å². The first-order valence-electron chi connectivity index (χ1n) is 12.8. The number of hydrogen-bond donors (Lipinski definition) is 0. The van der Waals surface area contributed by atoms with Crippen molar-refractivity contribution in [3.8, 4) is 11.4 Å². The Morgan fingerprint density at radius 1 is 1.21 bits per heavy atom. The molecule has 1 aliphatic rings. The molecule has 0 unspecified atom stereocenters. The predicted octanol–water partition coefficient (Wildman–Crippen LogP) is 5.43. The highest BCUT2D eigenvalue weighted by atomic mass is 35.5. The highest BCUT2D eigenvalue weighted by Gasteiger charge is 2.44. The van der Waals surface area contributed by atoms with E-state index in [2.05, 4.69) is 22.0 Å². The number of fused-ring (bicyclic) bond motifs is 1. The van der Waals surface area contributed by atoms with Crippen molar-refractivity contribution in [2.75, 3.05) is 13.7 Å². The number of rotatable bonds is 7. The molecule has 0 bridgehead atoms. The third-order valence-corrected chi connectivity index (χ3v) is 8.19. The molecule has 4 aromatic rings. The lowest BCUT2D eigenvalue weighted by Gasteiger charge is -2.37. The van der Waals surface area contributed by atoms with Crippen LogP contribution >= 0.6 is 23.8 Å². The molecular weight excluding hydrogens is 536 g/mol. The maximum Gasteiger partial charge on any atom is 0.310 e. The quantitative estimate of drug-likeness (QED) is 0.216. The van der Waals surface area contributed by atoms with E-state index in [1.807, 2.05) is 55.7 Å². The summed E-state index contributed by atoms with van der Waals surface area (Å²) in [5.41, 5.74) is 3.45. The number of thiocarbonyl (C=S) groups is 1. The first-order chi connectivity index (χ1) is 18.7. The predicted molar refractivity (Wildman–Crippen MR) is 153 cm³/mol. The van der Waals surface area contributed by atoms with Gasteiger partial charge in [0.2, 0.25) is 0 Å². The molecular formula is C28H31ClN6O3S. The summed E-state index contributed by atoms with van der Waals surface area (Å²) in [6, 6.07) is 9.43. The van der Waals surface area contributed by atoms with Gasteiger partial charge in [0.05, 0.1) is 47.7 Å². The minimum atomic E-state index is -0.586. The van der Waals surface area contributed by atoms with Crippen molar-refractivity contribution in [3.63, 3.8) is 0 Å². The number of nitrogens with zero attached hydrogens (tertiary/aromatic N) is 6. The van der Waals surface area contributed by atoms with Crippen molar-refractivity contribution in [2.24, 2.45) is 5.92 Å². The number of esters is 1. The molecule has 1 saturated heterocycles. The summed E-state index contributed by atoms with van der Waals surface area (Å²) in [5, 5.41) is 9.29. The SMILES string of the molecule is COc1ccc(-n2nccn2)c(C(=S)N2CCC[C@@]2(C)c2nc3ccc(Cl)c(C)c3n2COC(=O)C(C)C)c1. The van der Waals surface area contributed by atoms with E-state index >= 15 is 0 Å². The van der Waals surface area contributed by atoms with Crippen LogP contribution in [0.25, 0.3) is 16.7 Å². The number of aromatic nitrogens is 5. The summed E-state index contributed by atoms with van der Waals surface area (Å²) in [4.78, 5) is 21.9. The van der Waals surface area contributed by atoms with E-state index in [0.717, 1.165) is 53.1 Å². The van der Waals surface area contributed by atoms with Gasteiger partial charge < -0.3 is 14.4 Å². The van der Waals surface area contributed by atoms with E-state index in [0.29, 0.717) is 15.8 Å². The van der Waals surface area contributed by atoms with E-state index < -0.39 is 5.54 Å². The van der Waals surface area contributed by atoms with E-state index in [1.165, 1.54) is 0 Å². The third kappa shape index (κ3) is 4.76. The zero-order valence-electron chi connectivity index (χ0n) is 22.6. The molecule has 1 fully saturated rings. The Kier molecular flexibility index (Phi) is 7.35. The smallest absolute Gasteiger partial charge is 0.310 e. The van der Waals surface area contributed by atoms with Gasteiger partial charge in [0.1, 0.15) is 16.6 Å². The topological polar surface area (TPSA) is 87.3 Å². The largest absolute Gasteiger partial charge is 0.497 e. The number of likely N-dealkylation sites (tertiary alicyclic amines) is 1. The van der Waals surface area contributed by atoms with Crippen molar-refractivity contribution in [3.05, 3.63) is 64.7 Å². The van der Waals surface area contributed by atoms with E-state index in [-0.39, 0.29) is 18.6 Å². The highest BCUT2D eigenvalue weighted by molar-refractivity contribution is 7.80. The van der Waals surface area contributed by atoms with Gasteiger partial charge in [0.15, 0.2) is 6.73 Å². The Balaban J connectivity index is 1.63. The van der Waals surface area contributed by atoms with Gasteiger partial charge in [0.25, 0.3) is 0 Å². The van der Waals surface area contributed by atoms with Crippen molar-refractivity contribution in [1.82, 2.24) is 29.4 Å². The molecule has 2 aromatic heterocycles. The molecule has 0 spiro atoms. The van der Waals surface area contributed by atoms with Gasteiger partial charge in [-0.2, -0.15) is 15.0 Å². The number of methoxy groups -OCH3 is 1. The van der Waals surface area contributed by atoms with E-state index in [4.69, 9.17) is 38.3 Å². The lowest BCUT2D eigenvalue weighted by atomic mass is 9.96. The number of aryl methyl sites for hydroxylation is 1. The lowest BCUT2D eigenvalue weighted by molar-refractivity contribution is -0.151. The summed E-state index contributed by atoms with van der Waals surface area (Å²) < 4.78 is 13.2. The maximum atomic E-state index is 12.5. The van der Waals surface area contributed by atoms with Gasteiger partial charge in [-0.15, -0.1) is 0 Å². The van der Waals surface area contributed by atoms with Crippen LogP contribution in [-0.2, 0) is 21.8 Å². The molecule has 39 heavy (non-hydrogen) atoms. The monoisotopic (exact) mass is 566 g/mol. The Labute approximate surface area is 237 Å². The van der Waals surface area contributed by atoms with Crippen LogP contribution in [0.15, 0.2) is 42.7 Å². The molecule has 0 N–H and O–H groups in total. The Morgan fingerprint density at radius 3 is 2.64 bits per heavy atom. The molecule has 2 aromatic carbocycles. The zero-order chi connectivity index (χ0) is 27.9. The summed E-state index contributed by atoms with van der Waals surface area (Å²) in [6.07, 6.45) is 4.97. The van der Waals surface area contributed by atoms with Gasteiger partial charge >= 0.3 is 5.97 Å². The van der Waals surface area contributed by atoms with Crippen molar-refractivity contribution >= 4 is 45.8 Å². The summed E-state index contributed by atoms with van der Waals surface area (Å²) in [5.74, 6) is 0.920. The molecule has 0 amide bonds. The number of benzene rings is 2. The van der Waals surface area contributed by atoms with Crippen LogP contribution in [0, 0.1) is 12.8 Å². The maximum absolute atomic E-state index is 12.5. The van der Waals surface area contributed by atoms with E-state index in [1.54, 1.807) is 24.3 Å². The average Bonchev–Trinajstić information content (AvgIpc) is 3.68. The van der Waals surface area contributed by atoms with Crippen LogP contribution in [0.4, 0.5) is 0 Å². The van der Waals surface area contributed by atoms with Crippen LogP contribution in [0.3, 0.4) is 0 Å². The first kappa shape index (κ1) is 27.1. The third-order valence-electron chi connectivity index (χ3n) is 7.34. The second-order valence-electron chi connectivity index (χ2n) is 10.2. The van der Waals surface area contributed by atoms with Gasteiger partial charge in [-0.3, -0.25) is 9.36 Å². The summed E-state index contributed by atoms with van der Waals surface area (Å²) >= 11 is 12.7. The summed E-state index contributed by atoms with van der Waals surface area (Å²) in [6.45, 7) is 8.48. The average molecular weight is 567 g/mol. The number of carbonyl (C=O) groups excluding carboxylic acids is 1. The van der Waals surface area contributed by atoms with Crippen LogP contribution in [-0.4, -0.2) is 54.1 Å². The number of imidazole rings is 1. The lowest BCUT2D eigenvalue weighted by Crippen LogP contribution is -2.44. The molecule has 1 aliphatic heterocycles. The zero-order valence-corrected chi connectivity index (χ0v) is 24.2. The standard InChI is InChI=1S/C28H31ClN6O3S/c1-17(2)26(36)38-16-33-24-18(3)21(29)8-9-22(24)32-27(33)28(4)11-6-14-34(28)25(39)20-15-19(37-5)7-10-23(20)35-30-12-13-31-35/h7-10,12-13,15,17H,6,11,14,16H2,1-5H3/t28-/m0/s1. The Morgan fingerprint density at radius 2 is 1.95 bits per heavy atom. The highest BCUT2D eigenvalue weighted by Crippen LogP contribution is 2.42. The van der Waals surface area contributed by atoms with Crippen LogP contribution in [0.2, 0.25) is 5.02 Å². The second kappa shape index (κ2) is 10.6. The molecule has 9 nitrogen and oxygen atoms in total. The molecule has 3 heterocycles. The molecule has 0 saturated carbocycles. The molecule has 204 valence electrons. The Hall–Kier alpha value is -3.50. The minimum Gasteiger partial charge on any atom is -0.497 e. The second-order valence-corrected chi connectivity index (χ2v) is 11.0. The van der Waals surface area contributed by atoms with Gasteiger partial charge in [0, 0.05) is 17.1 Å². The van der Waals surface area contributed by atoms with Crippen LogP contribution < -0.4 is 4.74 Å². The van der Waals surface area contributed by atoms with Gasteiger partial charge in [-0.05, 0) is 62.6 Å². The fraction of sp³-hybridized carbons (Fsp3) is 0.393. The normalized spacial score (nSPS) is 17.3. The van der Waals surface area contributed by atoms with Gasteiger partial charge in [-0.25, -0.2) is 4.98 Å². The first-order valence-corrected chi connectivity index (χ1v) is 13.6. The minimum absolute atomic E-state index is 0.0296. The van der Waals surface area contributed by atoms with Crippen LogP contribution in [0.1, 0.15) is 50.6 Å². The fourth-order valence-corrected chi connectivity index (χ4v) is 5.81. The number of hydrogen-bond acceptors (Lipinski definition) is 7. The molecule has 5 rings (SSSR count). The van der Waals surface area contributed by atoms with Crippen molar-refractivity contribution in [1.29, 1.82) is 0 Å². The number of halogens is 1. The molecule has 0 radical (unpaired) electrons. The Bertz CT molecular complexity index is 1550. The summed E-state index contributed by atoms with van der Waals surface area (Å²) in [7, 11) is 1.63. The van der Waals surface area contributed by atoms with Crippen LogP contribution in [0.5, 0.6) is 5.75 Å². The van der Waals surface area contributed by atoms with Crippen molar-refractivity contribution in [2.45, 2.75) is 52.8 Å². The molecule has 11 heteroatoms. The number of carbonyl (C=O) groups is 1. The van der Waals surface area contributed by atoms with E-state index in [9.17, 15) is 4.79 Å². The number of ether oxygens (including phenoxy) is 2. The fourth-order valence-electron chi connectivity index (χ4n) is 5.20. The molecule has 0 aliphatic carbocycles. The van der Waals surface area contributed by atoms with Gasteiger partial charge in [-0.1, -0.05) is 37.7 Å².